The highest BCUT2D eigenvalue weighted by Gasteiger charge is 2.34. The normalized spacial score (nSPS) is 15.6. The Kier molecular flexibility index (Phi) is 10.4. The first kappa shape index (κ1) is 34.5. The van der Waals surface area contributed by atoms with Crippen molar-refractivity contribution in [3.63, 3.8) is 0 Å². The summed E-state index contributed by atoms with van der Waals surface area (Å²) in [6, 6.07) is 14.4. The predicted octanol–water partition coefficient (Wildman–Crippen LogP) is 7.26. The summed E-state index contributed by atoms with van der Waals surface area (Å²) < 4.78 is 86.3. The SMILES string of the molecule is CC(ONC(=O)N=C1SCC(=O)N1c1cc(Cl)ccc1OC(F)C(F)F)c1ccc(-c2ncn(-c3ccc(OC(F)(F)F)cc3)n2)cc1. The highest BCUT2D eigenvalue weighted by molar-refractivity contribution is 8.15. The van der Waals surface area contributed by atoms with Gasteiger partial charge >= 0.3 is 18.8 Å². The molecule has 0 bridgehead atoms. The largest absolute Gasteiger partial charge is 0.573 e. The van der Waals surface area contributed by atoms with Crippen LogP contribution in [-0.2, 0) is 9.63 Å². The number of halogens is 7. The van der Waals surface area contributed by atoms with E-state index in [1.807, 2.05) is 0 Å². The van der Waals surface area contributed by atoms with Gasteiger partial charge in [0, 0.05) is 10.6 Å². The van der Waals surface area contributed by atoms with Gasteiger partial charge in [0.1, 0.15) is 23.9 Å². The molecule has 2 atom stereocenters. The first-order valence-electron chi connectivity index (χ1n) is 13.5. The summed E-state index contributed by atoms with van der Waals surface area (Å²) in [6.45, 7) is 1.63. The second kappa shape index (κ2) is 14.5. The number of rotatable bonds is 10. The molecule has 4 aromatic rings. The zero-order valence-electron chi connectivity index (χ0n) is 24.2. The molecule has 5 rings (SSSR count). The monoisotopic (exact) mass is 714 g/mol. The van der Waals surface area contributed by atoms with Gasteiger partial charge in [-0.2, -0.15) is 9.38 Å². The third-order valence-corrected chi connectivity index (χ3v) is 7.51. The van der Waals surface area contributed by atoms with E-state index in [1.54, 1.807) is 31.2 Å². The number of amides is 3. The Bertz CT molecular complexity index is 1810. The number of carbonyl (C=O) groups is 2. The fourth-order valence-corrected chi connectivity index (χ4v) is 5.18. The van der Waals surface area contributed by atoms with E-state index in [9.17, 15) is 35.9 Å². The van der Waals surface area contributed by atoms with Crippen LogP contribution in [0.5, 0.6) is 11.5 Å². The number of alkyl halides is 6. The van der Waals surface area contributed by atoms with E-state index < -0.39 is 42.9 Å². The summed E-state index contributed by atoms with van der Waals surface area (Å²) in [5.41, 5.74) is 3.66. The van der Waals surface area contributed by atoms with Crippen LogP contribution in [-0.4, -0.2) is 56.8 Å². The Morgan fingerprint density at radius 3 is 2.44 bits per heavy atom. The van der Waals surface area contributed by atoms with Crippen molar-refractivity contribution in [2.75, 3.05) is 10.7 Å². The van der Waals surface area contributed by atoms with Crippen LogP contribution < -0.4 is 19.9 Å². The highest BCUT2D eigenvalue weighted by atomic mass is 35.5. The van der Waals surface area contributed by atoms with E-state index in [0.717, 1.165) is 34.9 Å². The number of aliphatic imine (C=N–C) groups is 1. The quantitative estimate of drug-likeness (QED) is 0.135. The number of hydroxylamine groups is 1. The summed E-state index contributed by atoms with van der Waals surface area (Å²) in [7, 11) is 0. The molecule has 1 aromatic heterocycles. The number of ether oxygens (including phenoxy) is 2. The van der Waals surface area contributed by atoms with Crippen molar-refractivity contribution in [3.05, 3.63) is 83.6 Å². The smallest absolute Gasteiger partial charge is 0.452 e. The van der Waals surface area contributed by atoms with Gasteiger partial charge in [0.15, 0.2) is 11.0 Å². The molecule has 0 spiro atoms. The summed E-state index contributed by atoms with van der Waals surface area (Å²) in [4.78, 5) is 39.6. The van der Waals surface area contributed by atoms with Gasteiger partial charge in [-0.25, -0.2) is 28.7 Å². The van der Waals surface area contributed by atoms with E-state index in [2.05, 4.69) is 30.0 Å². The van der Waals surface area contributed by atoms with E-state index in [0.29, 0.717) is 22.6 Å². The Morgan fingerprint density at radius 2 is 1.77 bits per heavy atom. The average molecular weight is 715 g/mol. The predicted molar refractivity (Wildman–Crippen MR) is 162 cm³/mol. The van der Waals surface area contributed by atoms with Crippen molar-refractivity contribution in [1.82, 2.24) is 20.2 Å². The molecule has 252 valence electrons. The van der Waals surface area contributed by atoms with Gasteiger partial charge in [0.05, 0.1) is 17.1 Å². The fraction of sp³-hybridized carbons (Fsp3) is 0.207. The highest BCUT2D eigenvalue weighted by Crippen LogP contribution is 2.37. The molecule has 1 N–H and O–H groups in total. The Morgan fingerprint density at radius 1 is 1.06 bits per heavy atom. The molecule has 11 nitrogen and oxygen atoms in total. The molecule has 0 aliphatic carbocycles. The summed E-state index contributed by atoms with van der Waals surface area (Å²) in [5.74, 6) is -1.22. The second-order valence-corrected chi connectivity index (χ2v) is 11.1. The number of hydrogen-bond donors (Lipinski definition) is 1. The van der Waals surface area contributed by atoms with Crippen LogP contribution in [0.1, 0.15) is 18.6 Å². The standard InChI is InChI=1S/C29H21ClF6N6O5S/c1-15(16-2-4-17(5-3-16)26-37-14-41(39-26)19-7-9-20(10-8-19)46-29(34,35)36)47-40-27(44)38-28-42(23(43)13-48-28)21-12-18(30)6-11-22(21)45-25(33)24(31)32/h2-12,14-15,24-25H,13H2,1H3,(H,40,44). The molecule has 1 fully saturated rings. The van der Waals surface area contributed by atoms with Gasteiger partial charge in [0.2, 0.25) is 5.91 Å². The number of urea groups is 1. The molecule has 3 aromatic carbocycles. The Hall–Kier alpha value is -4.81. The van der Waals surface area contributed by atoms with Crippen molar-refractivity contribution in [3.8, 4) is 28.6 Å². The molecule has 1 aliphatic heterocycles. The maximum atomic E-state index is 13.7. The lowest BCUT2D eigenvalue weighted by molar-refractivity contribution is -0.274. The fourth-order valence-electron chi connectivity index (χ4n) is 4.16. The molecular weight excluding hydrogens is 694 g/mol. The van der Waals surface area contributed by atoms with Crippen LogP contribution in [0, 0.1) is 0 Å². The van der Waals surface area contributed by atoms with Gasteiger partial charge in [-0.3, -0.25) is 14.5 Å². The summed E-state index contributed by atoms with van der Waals surface area (Å²) >= 11 is 6.87. The van der Waals surface area contributed by atoms with Crippen molar-refractivity contribution >= 4 is 46.2 Å². The molecule has 0 radical (unpaired) electrons. The number of amidine groups is 1. The van der Waals surface area contributed by atoms with Crippen LogP contribution >= 0.6 is 23.4 Å². The number of aromatic nitrogens is 3. The number of thioether (sulfide) groups is 1. The first-order chi connectivity index (χ1) is 22.8. The van der Waals surface area contributed by atoms with E-state index in [1.165, 1.54) is 35.3 Å². The van der Waals surface area contributed by atoms with Crippen molar-refractivity contribution < 1.29 is 50.2 Å². The van der Waals surface area contributed by atoms with Crippen LogP contribution in [0.15, 0.2) is 78.0 Å². The van der Waals surface area contributed by atoms with Gasteiger partial charge < -0.3 is 9.47 Å². The number of benzene rings is 3. The van der Waals surface area contributed by atoms with Gasteiger partial charge in [0.25, 0.3) is 6.36 Å². The van der Waals surface area contributed by atoms with Crippen LogP contribution in [0.4, 0.5) is 36.8 Å². The molecule has 1 saturated heterocycles. The van der Waals surface area contributed by atoms with Crippen LogP contribution in [0.2, 0.25) is 5.02 Å². The minimum absolute atomic E-state index is 0.0822. The zero-order valence-corrected chi connectivity index (χ0v) is 25.8. The van der Waals surface area contributed by atoms with Gasteiger partial charge in [-0.15, -0.1) is 18.3 Å². The topological polar surface area (TPSA) is 120 Å². The Labute approximate surface area is 276 Å². The zero-order chi connectivity index (χ0) is 34.6. The molecular formula is C29H21ClF6N6O5S. The molecule has 3 amide bonds. The first-order valence-corrected chi connectivity index (χ1v) is 14.9. The number of nitrogens with zero attached hydrogens (tertiary/aromatic N) is 5. The lowest BCUT2D eigenvalue weighted by atomic mass is 10.1. The lowest BCUT2D eigenvalue weighted by Gasteiger charge is -2.21. The van der Waals surface area contributed by atoms with E-state index in [4.69, 9.17) is 16.4 Å². The maximum Gasteiger partial charge on any atom is 0.573 e. The third kappa shape index (κ3) is 8.55. The molecule has 2 unspecified atom stereocenters. The molecule has 19 heteroatoms. The van der Waals surface area contributed by atoms with E-state index in [-0.39, 0.29) is 27.4 Å². The van der Waals surface area contributed by atoms with Crippen molar-refractivity contribution in [2.24, 2.45) is 4.99 Å². The van der Waals surface area contributed by atoms with Gasteiger partial charge in [-0.1, -0.05) is 47.6 Å². The van der Waals surface area contributed by atoms with Crippen molar-refractivity contribution in [1.29, 1.82) is 0 Å². The molecule has 1 aliphatic rings. The third-order valence-electron chi connectivity index (χ3n) is 6.35. The molecule has 48 heavy (non-hydrogen) atoms. The number of carbonyl (C=O) groups excluding carboxylic acids is 2. The summed E-state index contributed by atoms with van der Waals surface area (Å²) in [5, 5.41) is 4.27. The maximum absolute atomic E-state index is 13.7. The second-order valence-electron chi connectivity index (χ2n) is 9.67. The van der Waals surface area contributed by atoms with E-state index >= 15 is 0 Å². The molecule has 2 heterocycles. The minimum Gasteiger partial charge on any atom is -0.452 e. The molecule has 0 saturated carbocycles. The van der Waals surface area contributed by atoms with Crippen LogP contribution in [0.25, 0.3) is 17.1 Å². The van der Waals surface area contributed by atoms with Crippen LogP contribution in [0.3, 0.4) is 0 Å². The minimum atomic E-state index is -4.81. The van der Waals surface area contributed by atoms with Gasteiger partial charge in [-0.05, 0) is 55.0 Å². The average Bonchev–Trinajstić information content (AvgIpc) is 3.67. The number of hydrogen-bond acceptors (Lipinski definition) is 8. The lowest BCUT2D eigenvalue weighted by Crippen LogP contribution is -2.32. The summed E-state index contributed by atoms with van der Waals surface area (Å²) in [6.07, 6.45) is -10.5. The number of anilines is 1. The van der Waals surface area contributed by atoms with Crippen molar-refractivity contribution in [2.45, 2.75) is 32.2 Å². The Balaban J connectivity index is 1.21. The number of nitrogens with one attached hydrogen (secondary N) is 1.